The second-order valence-corrected chi connectivity index (χ2v) is 8.23. The van der Waals surface area contributed by atoms with Crippen LogP contribution in [-0.2, 0) is 9.59 Å². The van der Waals surface area contributed by atoms with Crippen molar-refractivity contribution in [3.05, 3.63) is 0 Å². The third-order valence-corrected chi connectivity index (χ3v) is 4.63. The van der Waals surface area contributed by atoms with Gasteiger partial charge in [-0.05, 0) is 40.5 Å². The number of piperidine rings is 1. The first kappa shape index (κ1) is 14.2. The minimum atomic E-state index is -0.170. The van der Waals surface area contributed by atoms with Gasteiger partial charge in [0.25, 0.3) is 0 Å². The highest BCUT2D eigenvalue weighted by atomic mass is 127. The molecule has 5 heteroatoms. The van der Waals surface area contributed by atoms with Crippen LogP contribution < -0.4 is 5.32 Å². The smallest absolute Gasteiger partial charge is 0.242 e. The van der Waals surface area contributed by atoms with Gasteiger partial charge in [0.2, 0.25) is 11.8 Å². The summed E-state index contributed by atoms with van der Waals surface area (Å²) in [5.74, 6) is -0.00278. The van der Waals surface area contributed by atoms with Gasteiger partial charge in [-0.25, -0.2) is 0 Å². The van der Waals surface area contributed by atoms with E-state index < -0.39 is 0 Å². The Kier molecular flexibility index (Phi) is 3.51. The van der Waals surface area contributed by atoms with Crippen molar-refractivity contribution in [3.8, 4) is 0 Å². The van der Waals surface area contributed by atoms with E-state index in [9.17, 15) is 9.59 Å². The van der Waals surface area contributed by atoms with Crippen LogP contribution in [-0.4, -0.2) is 37.8 Å². The predicted octanol–water partition coefficient (Wildman–Crippen LogP) is 1.86. The molecule has 2 fully saturated rings. The summed E-state index contributed by atoms with van der Waals surface area (Å²) in [6, 6.07) is 0.0380. The van der Waals surface area contributed by atoms with E-state index in [-0.39, 0.29) is 32.9 Å². The summed E-state index contributed by atoms with van der Waals surface area (Å²) in [6.07, 6.45) is 2.03. The Bertz CT molecular complexity index is 376. The maximum atomic E-state index is 12.1. The first-order valence-corrected chi connectivity index (χ1v) is 7.65. The third-order valence-electron chi connectivity index (χ3n) is 3.66. The largest absolute Gasteiger partial charge is 0.307 e. The van der Waals surface area contributed by atoms with E-state index in [1.165, 1.54) is 4.90 Å². The predicted molar refractivity (Wildman–Crippen MR) is 78.6 cm³/mol. The zero-order chi connectivity index (χ0) is 13.7. The van der Waals surface area contributed by atoms with Crippen molar-refractivity contribution in [1.29, 1.82) is 0 Å². The molecule has 2 aliphatic heterocycles. The second kappa shape index (κ2) is 4.44. The number of hydrogen-bond donors (Lipinski definition) is 1. The van der Waals surface area contributed by atoms with E-state index >= 15 is 0 Å². The van der Waals surface area contributed by atoms with Crippen molar-refractivity contribution in [3.63, 3.8) is 0 Å². The molecule has 0 saturated carbocycles. The summed E-state index contributed by atoms with van der Waals surface area (Å²) in [7, 11) is 0. The molecule has 4 nitrogen and oxygen atoms in total. The Labute approximate surface area is 122 Å². The van der Waals surface area contributed by atoms with E-state index in [2.05, 4.69) is 55.6 Å². The van der Waals surface area contributed by atoms with Gasteiger partial charge in [-0.15, -0.1) is 0 Å². The van der Waals surface area contributed by atoms with Gasteiger partial charge in [-0.2, -0.15) is 0 Å². The van der Waals surface area contributed by atoms with Crippen molar-refractivity contribution in [2.24, 2.45) is 0 Å². The Balaban J connectivity index is 2.23. The van der Waals surface area contributed by atoms with Gasteiger partial charge in [0.1, 0.15) is 0 Å². The molecule has 1 atom stereocenters. The van der Waals surface area contributed by atoms with Crippen molar-refractivity contribution >= 4 is 34.4 Å². The molecule has 102 valence electrons. The van der Waals surface area contributed by atoms with Crippen LogP contribution in [0, 0.1) is 0 Å². The molecule has 2 amide bonds. The summed E-state index contributed by atoms with van der Waals surface area (Å²) < 4.78 is -0.170. The standard InChI is InChI=1S/C13H21IN2O2/c1-12(2)6-8(7-13(3,4)15-12)16-10(17)5-9(14)11(16)18/h8-9,15H,5-7H2,1-4H3. The van der Waals surface area contributed by atoms with Crippen LogP contribution in [0.2, 0.25) is 0 Å². The third kappa shape index (κ3) is 2.71. The maximum absolute atomic E-state index is 12.1. The Morgan fingerprint density at radius 2 is 1.67 bits per heavy atom. The van der Waals surface area contributed by atoms with Gasteiger partial charge < -0.3 is 5.32 Å². The molecule has 2 aliphatic rings. The Hall–Kier alpha value is -0.170. The number of carbonyl (C=O) groups is 2. The zero-order valence-electron chi connectivity index (χ0n) is 11.4. The molecule has 0 spiro atoms. The van der Waals surface area contributed by atoms with E-state index in [4.69, 9.17) is 0 Å². The number of carbonyl (C=O) groups excluding carboxylic acids is 2. The normalized spacial score (nSPS) is 32.1. The van der Waals surface area contributed by atoms with Crippen LogP contribution >= 0.6 is 22.6 Å². The molecule has 2 heterocycles. The number of alkyl halides is 1. The molecule has 0 aromatic carbocycles. The number of likely N-dealkylation sites (tertiary alicyclic amines) is 1. The van der Waals surface area contributed by atoms with Gasteiger partial charge in [0.15, 0.2) is 0 Å². The quantitative estimate of drug-likeness (QED) is 0.439. The lowest BCUT2D eigenvalue weighted by Crippen LogP contribution is -2.62. The van der Waals surface area contributed by atoms with Crippen LogP contribution in [0.1, 0.15) is 47.0 Å². The minimum Gasteiger partial charge on any atom is -0.307 e. The van der Waals surface area contributed by atoms with E-state index in [1.807, 2.05) is 0 Å². The van der Waals surface area contributed by atoms with Crippen molar-refractivity contribution in [2.75, 3.05) is 0 Å². The van der Waals surface area contributed by atoms with Crippen LogP contribution in [0.3, 0.4) is 0 Å². The molecule has 18 heavy (non-hydrogen) atoms. The summed E-state index contributed by atoms with van der Waals surface area (Å²) >= 11 is 2.07. The molecular formula is C13H21IN2O2. The molecule has 0 aromatic rings. The van der Waals surface area contributed by atoms with Crippen molar-refractivity contribution in [2.45, 2.75) is 68.0 Å². The lowest BCUT2D eigenvalue weighted by Gasteiger charge is -2.48. The van der Waals surface area contributed by atoms with Crippen molar-refractivity contribution < 1.29 is 9.59 Å². The summed E-state index contributed by atoms with van der Waals surface area (Å²) in [5, 5.41) is 3.58. The summed E-state index contributed by atoms with van der Waals surface area (Å²) in [6.45, 7) is 8.53. The average Bonchev–Trinajstić information content (AvgIpc) is 2.35. The van der Waals surface area contributed by atoms with Gasteiger partial charge >= 0.3 is 0 Å². The van der Waals surface area contributed by atoms with Gasteiger partial charge in [-0.3, -0.25) is 14.5 Å². The SMILES string of the molecule is CC1(C)CC(N2C(=O)CC(I)C2=O)CC(C)(C)N1. The molecule has 0 aromatic heterocycles. The number of nitrogens with one attached hydrogen (secondary N) is 1. The molecule has 2 saturated heterocycles. The lowest BCUT2D eigenvalue weighted by atomic mass is 9.79. The average molecular weight is 364 g/mol. The molecule has 0 radical (unpaired) electrons. The maximum Gasteiger partial charge on any atom is 0.242 e. The highest BCUT2D eigenvalue weighted by molar-refractivity contribution is 14.1. The Morgan fingerprint density at radius 3 is 2.06 bits per heavy atom. The lowest BCUT2D eigenvalue weighted by molar-refractivity contribution is -0.142. The second-order valence-electron chi connectivity index (χ2n) is 6.73. The molecule has 0 bridgehead atoms. The van der Waals surface area contributed by atoms with Crippen LogP contribution in [0.4, 0.5) is 0 Å². The number of hydrogen-bond acceptors (Lipinski definition) is 3. The molecule has 1 N–H and O–H groups in total. The van der Waals surface area contributed by atoms with E-state index in [1.54, 1.807) is 0 Å². The molecule has 0 aliphatic carbocycles. The monoisotopic (exact) mass is 364 g/mol. The van der Waals surface area contributed by atoms with Crippen LogP contribution in [0.25, 0.3) is 0 Å². The number of amides is 2. The van der Waals surface area contributed by atoms with Gasteiger partial charge in [0.05, 0.1) is 3.92 Å². The summed E-state index contributed by atoms with van der Waals surface area (Å²) in [4.78, 5) is 25.6. The fraction of sp³-hybridized carbons (Fsp3) is 0.846. The number of rotatable bonds is 1. The fourth-order valence-corrected chi connectivity index (χ4v) is 4.12. The fourth-order valence-electron chi connectivity index (χ4n) is 3.45. The van der Waals surface area contributed by atoms with Gasteiger partial charge in [0, 0.05) is 23.5 Å². The first-order valence-electron chi connectivity index (χ1n) is 6.41. The van der Waals surface area contributed by atoms with Crippen LogP contribution in [0.5, 0.6) is 0 Å². The number of nitrogens with zero attached hydrogens (tertiary/aromatic N) is 1. The highest BCUT2D eigenvalue weighted by Gasteiger charge is 2.47. The topological polar surface area (TPSA) is 49.4 Å². The van der Waals surface area contributed by atoms with Crippen LogP contribution in [0.15, 0.2) is 0 Å². The molecular weight excluding hydrogens is 343 g/mol. The number of halogens is 1. The minimum absolute atomic E-state index is 0.000833. The Morgan fingerprint density at radius 1 is 1.17 bits per heavy atom. The van der Waals surface area contributed by atoms with Gasteiger partial charge in [-0.1, -0.05) is 22.6 Å². The molecule has 2 rings (SSSR count). The van der Waals surface area contributed by atoms with E-state index in [0.29, 0.717) is 6.42 Å². The van der Waals surface area contributed by atoms with E-state index in [0.717, 1.165) is 12.8 Å². The molecule has 1 unspecified atom stereocenters. The van der Waals surface area contributed by atoms with Crippen molar-refractivity contribution in [1.82, 2.24) is 10.2 Å². The first-order chi connectivity index (χ1) is 8.11. The summed E-state index contributed by atoms with van der Waals surface area (Å²) in [5.41, 5.74) is -0.0906. The highest BCUT2D eigenvalue weighted by Crippen LogP contribution is 2.34. The zero-order valence-corrected chi connectivity index (χ0v) is 13.6. The number of imide groups is 1.